The zero-order chi connectivity index (χ0) is 18.9. The number of halogens is 1. The molecule has 0 spiro atoms. The molecule has 0 saturated heterocycles. The molecule has 138 valence electrons. The molecule has 0 fully saturated rings. The molecule has 1 amide bonds. The summed E-state index contributed by atoms with van der Waals surface area (Å²) in [5.41, 5.74) is 0.815. The Kier molecular flexibility index (Phi) is 5.17. The predicted octanol–water partition coefficient (Wildman–Crippen LogP) is 2.75. The second-order valence-electron chi connectivity index (χ2n) is 7.01. The van der Waals surface area contributed by atoms with Crippen LogP contribution in [-0.4, -0.2) is 26.2 Å². The van der Waals surface area contributed by atoms with Crippen molar-refractivity contribution in [3.63, 3.8) is 0 Å². The summed E-state index contributed by atoms with van der Waals surface area (Å²) in [5, 5.41) is 5.81. The summed E-state index contributed by atoms with van der Waals surface area (Å²) < 4.78 is 29.5. The number of fused-ring (bicyclic) bond motifs is 1. The third-order valence-electron chi connectivity index (χ3n) is 4.00. The van der Waals surface area contributed by atoms with Crippen LogP contribution >= 0.6 is 0 Å². The van der Waals surface area contributed by atoms with Crippen LogP contribution in [0.5, 0.6) is 0 Å². The Balaban J connectivity index is 1.98. The number of benzene rings is 1. The summed E-state index contributed by atoms with van der Waals surface area (Å²) in [4.78, 5) is 16.9. The molecule has 0 bridgehead atoms. The molecule has 2 heterocycles. The number of amides is 1. The fourth-order valence-electron chi connectivity index (χ4n) is 2.61. The topological polar surface area (TPSA) is 89.1 Å². The zero-order valence-corrected chi connectivity index (χ0v) is 15.6. The van der Waals surface area contributed by atoms with Crippen LogP contribution in [-0.2, 0) is 16.2 Å². The lowest BCUT2D eigenvalue weighted by molar-refractivity contribution is -0.117. The molecule has 2 aromatic rings. The number of nitrogens with zero attached hydrogens (tertiary/aromatic N) is 1. The molecule has 3 N–H and O–H groups in total. The van der Waals surface area contributed by atoms with Gasteiger partial charge in [-0.25, -0.2) is 9.37 Å². The first-order valence-corrected chi connectivity index (χ1v) is 9.37. The van der Waals surface area contributed by atoms with E-state index in [1.54, 1.807) is 57.3 Å². The van der Waals surface area contributed by atoms with Crippen molar-refractivity contribution in [2.45, 2.75) is 37.6 Å². The maximum Gasteiger partial charge on any atom is 0.249 e. The van der Waals surface area contributed by atoms with Crippen molar-refractivity contribution in [2.75, 3.05) is 10.6 Å². The van der Waals surface area contributed by atoms with Gasteiger partial charge in [-0.2, -0.15) is 0 Å². The first-order valence-electron chi connectivity index (χ1n) is 8.22. The predicted molar refractivity (Wildman–Crippen MR) is 100 cm³/mol. The highest BCUT2D eigenvalue weighted by Gasteiger charge is 2.40. The second kappa shape index (κ2) is 7.22. The summed E-state index contributed by atoms with van der Waals surface area (Å²) in [6.45, 7) is 5.42. The van der Waals surface area contributed by atoms with E-state index in [9.17, 15) is 13.7 Å². The quantitative estimate of drug-likeness (QED) is 0.714. The molecule has 0 unspecified atom stereocenters. The molecule has 3 atom stereocenters. The summed E-state index contributed by atoms with van der Waals surface area (Å²) in [7, 11) is 0. The van der Waals surface area contributed by atoms with Gasteiger partial charge in [-0.15, -0.1) is 4.72 Å². The highest BCUT2D eigenvalue weighted by Crippen LogP contribution is 2.31. The lowest BCUT2D eigenvalue weighted by Crippen LogP contribution is -2.52. The van der Waals surface area contributed by atoms with Crippen LogP contribution in [0.4, 0.5) is 15.9 Å². The molecule has 26 heavy (non-hydrogen) atoms. The van der Waals surface area contributed by atoms with Gasteiger partial charge in [0.15, 0.2) is 0 Å². The maximum absolute atomic E-state index is 14.5. The normalized spacial score (nSPS) is 19.1. The lowest BCUT2D eigenvalue weighted by atomic mass is 9.97. The van der Waals surface area contributed by atoms with E-state index in [2.05, 4.69) is 20.3 Å². The average molecular weight is 376 g/mol. The van der Waals surface area contributed by atoms with Gasteiger partial charge in [-0.05, 0) is 39.0 Å². The van der Waals surface area contributed by atoms with E-state index in [0.29, 0.717) is 11.5 Å². The highest BCUT2D eigenvalue weighted by atomic mass is 32.2. The number of carbonyl (C=O) groups is 1. The fraction of sp³-hybridized carbons (Fsp3) is 0.333. The van der Waals surface area contributed by atoms with Crippen LogP contribution < -0.4 is 15.4 Å². The fourth-order valence-corrected chi connectivity index (χ4v) is 3.46. The van der Waals surface area contributed by atoms with Crippen molar-refractivity contribution in [3.8, 4) is 0 Å². The summed E-state index contributed by atoms with van der Waals surface area (Å²) in [5.74, 6) is -0.337. The van der Waals surface area contributed by atoms with Crippen LogP contribution in [0.2, 0.25) is 0 Å². The Labute approximate surface area is 154 Å². The molecule has 8 heteroatoms. The molecule has 0 aliphatic carbocycles. The van der Waals surface area contributed by atoms with Gasteiger partial charge >= 0.3 is 0 Å². The van der Waals surface area contributed by atoms with Crippen molar-refractivity contribution in [1.82, 2.24) is 9.71 Å². The monoisotopic (exact) mass is 376 g/mol. The molecule has 1 aromatic carbocycles. The maximum atomic E-state index is 14.5. The Bertz CT molecular complexity index is 812. The molecule has 1 aliphatic rings. The largest absolute Gasteiger partial charge is 0.598 e. The van der Waals surface area contributed by atoms with Crippen LogP contribution in [0.15, 0.2) is 42.6 Å². The Hall–Kier alpha value is -2.16. The first-order chi connectivity index (χ1) is 12.3. The summed E-state index contributed by atoms with van der Waals surface area (Å²) in [6, 6.07) is 7.87. The van der Waals surface area contributed by atoms with E-state index in [1.807, 2.05) is 0 Å². The average Bonchev–Trinajstić information content (AvgIpc) is 2.59. The second-order valence-corrected chi connectivity index (χ2v) is 9.01. The minimum atomic E-state index is -1.51. The molecule has 0 saturated carbocycles. The van der Waals surface area contributed by atoms with Crippen LogP contribution in [0, 0.1) is 5.82 Å². The van der Waals surface area contributed by atoms with E-state index in [-0.39, 0.29) is 11.5 Å². The van der Waals surface area contributed by atoms with E-state index in [1.165, 1.54) is 6.07 Å². The van der Waals surface area contributed by atoms with E-state index >= 15 is 0 Å². The summed E-state index contributed by atoms with van der Waals surface area (Å²) in [6.07, 6.45) is 1.60. The Morgan fingerprint density at radius 3 is 2.69 bits per heavy atom. The first kappa shape index (κ1) is 18.6. The minimum absolute atomic E-state index is 0.261. The Morgan fingerprint density at radius 1 is 1.27 bits per heavy atom. The van der Waals surface area contributed by atoms with Gasteiger partial charge in [0, 0.05) is 23.1 Å². The zero-order valence-electron chi connectivity index (χ0n) is 14.7. The van der Waals surface area contributed by atoms with Gasteiger partial charge in [0.2, 0.25) is 5.91 Å². The number of aromatic nitrogens is 1. The van der Waals surface area contributed by atoms with Crippen molar-refractivity contribution < 1.29 is 13.7 Å². The number of rotatable bonds is 4. The van der Waals surface area contributed by atoms with Crippen LogP contribution in [0.1, 0.15) is 32.4 Å². The van der Waals surface area contributed by atoms with Gasteiger partial charge in [-0.3, -0.25) is 4.79 Å². The SMILES string of the molecule is CC(C)(C)[S@@+]([O-])N[C@H](c1ccccc1F)[C@H]1Nc2ncccc2NC1=O. The van der Waals surface area contributed by atoms with Crippen molar-refractivity contribution in [3.05, 3.63) is 54.0 Å². The highest BCUT2D eigenvalue weighted by molar-refractivity contribution is 7.90. The smallest absolute Gasteiger partial charge is 0.249 e. The minimum Gasteiger partial charge on any atom is -0.598 e. The molecule has 6 nitrogen and oxygen atoms in total. The molecular weight excluding hydrogens is 355 g/mol. The molecular formula is C18H21FN4O2S. The number of carbonyl (C=O) groups excluding carboxylic acids is 1. The van der Waals surface area contributed by atoms with Gasteiger partial charge in [0.05, 0.1) is 5.69 Å². The van der Waals surface area contributed by atoms with E-state index < -0.39 is 34.0 Å². The number of pyridine rings is 1. The standard InChI is InChI=1S/C18H21FN4O2S/c1-18(2,3)26(25)23-14(11-7-4-5-8-12(11)19)15-17(24)21-13-9-6-10-20-16(13)22-15/h4-10,14-15,23H,1-3H3,(H,20,22)(H,21,24)/t14-,15-,26-/m1/s1. The molecule has 1 aliphatic heterocycles. The van der Waals surface area contributed by atoms with Gasteiger partial charge in [0.1, 0.15) is 28.5 Å². The number of nitrogens with one attached hydrogen (secondary N) is 3. The summed E-state index contributed by atoms with van der Waals surface area (Å²) >= 11 is -1.51. The van der Waals surface area contributed by atoms with Gasteiger partial charge in [0.25, 0.3) is 0 Å². The van der Waals surface area contributed by atoms with Crippen molar-refractivity contribution in [1.29, 1.82) is 0 Å². The molecule has 3 rings (SSSR count). The molecule has 1 aromatic heterocycles. The third-order valence-corrected chi connectivity index (χ3v) is 5.58. The lowest BCUT2D eigenvalue weighted by Gasteiger charge is -2.34. The van der Waals surface area contributed by atoms with Gasteiger partial charge in [-0.1, -0.05) is 18.2 Å². The van der Waals surface area contributed by atoms with E-state index in [0.717, 1.165) is 0 Å². The van der Waals surface area contributed by atoms with Crippen LogP contribution in [0.25, 0.3) is 0 Å². The number of hydrogen-bond acceptors (Lipinski definition) is 5. The van der Waals surface area contributed by atoms with Crippen LogP contribution in [0.3, 0.4) is 0 Å². The third kappa shape index (κ3) is 3.82. The van der Waals surface area contributed by atoms with E-state index in [4.69, 9.17) is 0 Å². The number of anilines is 2. The van der Waals surface area contributed by atoms with Crippen molar-refractivity contribution >= 4 is 28.8 Å². The Morgan fingerprint density at radius 2 is 2.00 bits per heavy atom. The molecule has 0 radical (unpaired) electrons. The van der Waals surface area contributed by atoms with Gasteiger partial charge < -0.3 is 15.2 Å². The number of hydrogen-bond donors (Lipinski definition) is 3. The van der Waals surface area contributed by atoms with Crippen molar-refractivity contribution in [2.24, 2.45) is 0 Å².